The summed E-state index contributed by atoms with van der Waals surface area (Å²) in [4.78, 5) is 79.8. The molecule has 8 atom stereocenters. The number of carbonyl (C=O) groups is 5. The molecule has 1 unspecified atom stereocenters. The number of aliphatic hydroxyl groups excluding tert-OH is 1. The van der Waals surface area contributed by atoms with Gasteiger partial charge < -0.3 is 28.9 Å². The second-order valence-corrected chi connectivity index (χ2v) is 15.6. The van der Waals surface area contributed by atoms with Crippen molar-refractivity contribution in [2.75, 3.05) is 20.3 Å². The fourth-order valence-corrected chi connectivity index (χ4v) is 9.81. The van der Waals surface area contributed by atoms with Crippen LogP contribution in [-0.2, 0) is 38.3 Å². The Morgan fingerprint density at radius 2 is 1.82 bits per heavy atom. The number of hydrogen-bond donors (Lipinski definition) is 1. The van der Waals surface area contributed by atoms with Crippen molar-refractivity contribution in [3.8, 4) is 11.5 Å². The lowest BCUT2D eigenvalue weighted by atomic mass is 9.44. The summed E-state index contributed by atoms with van der Waals surface area (Å²) < 4.78 is 40.1. The topological polar surface area (TPSA) is 195 Å². The number of carbonyl (C=O) groups excluding carboxylic acids is 5. The van der Waals surface area contributed by atoms with E-state index in [1.165, 1.54) is 43.5 Å². The fourth-order valence-electron chi connectivity index (χ4n) is 9.81. The molecule has 0 heterocycles. The third kappa shape index (κ3) is 7.61. The molecule has 0 radical (unpaired) electrons. The van der Waals surface area contributed by atoms with Gasteiger partial charge in [0.1, 0.15) is 0 Å². The molecule has 4 aliphatic rings. The third-order valence-electron chi connectivity index (χ3n) is 12.5. The summed E-state index contributed by atoms with van der Waals surface area (Å²) in [6.07, 6.45) is 7.32. The molecular formula is C41H50FNO13. The zero-order chi connectivity index (χ0) is 41.1. The Labute approximate surface area is 324 Å². The Morgan fingerprint density at radius 3 is 2.52 bits per heavy atom. The van der Waals surface area contributed by atoms with Gasteiger partial charge in [0.15, 0.2) is 35.2 Å². The maximum absolute atomic E-state index is 17.8. The van der Waals surface area contributed by atoms with E-state index >= 15 is 4.39 Å². The van der Waals surface area contributed by atoms with Crippen molar-refractivity contribution in [2.45, 2.75) is 103 Å². The molecular weight excluding hydrogens is 733 g/mol. The monoisotopic (exact) mass is 783 g/mol. The number of rotatable bonds is 16. The first-order valence-electron chi connectivity index (χ1n) is 19.0. The van der Waals surface area contributed by atoms with Gasteiger partial charge in [-0.2, -0.15) is 0 Å². The number of ether oxygens (including phenoxy) is 4. The number of esters is 3. The van der Waals surface area contributed by atoms with Crippen LogP contribution in [0.3, 0.4) is 0 Å². The van der Waals surface area contributed by atoms with E-state index in [1.54, 1.807) is 26.8 Å². The lowest BCUT2D eigenvalue weighted by Gasteiger charge is -2.62. The second-order valence-electron chi connectivity index (χ2n) is 15.6. The number of Topliss-reactive ketones (excluding diaryl/α,β-unsaturated/α-hetero) is 1. The quantitative estimate of drug-likeness (QED) is 0.0528. The van der Waals surface area contributed by atoms with E-state index in [0.717, 1.165) is 6.08 Å². The van der Waals surface area contributed by atoms with Crippen LogP contribution in [0.2, 0.25) is 0 Å². The van der Waals surface area contributed by atoms with E-state index in [9.17, 15) is 39.2 Å². The highest BCUT2D eigenvalue weighted by Crippen LogP contribution is 2.71. The summed E-state index contributed by atoms with van der Waals surface area (Å²) in [6, 6.07) is 4.46. The molecule has 5 rings (SSSR count). The Balaban J connectivity index is 1.33. The van der Waals surface area contributed by atoms with Crippen LogP contribution in [-0.4, -0.2) is 77.4 Å². The van der Waals surface area contributed by atoms with Crippen molar-refractivity contribution in [3.05, 3.63) is 63.8 Å². The van der Waals surface area contributed by atoms with Crippen molar-refractivity contribution in [1.82, 2.24) is 0 Å². The number of methoxy groups -OCH3 is 1. The van der Waals surface area contributed by atoms with Gasteiger partial charge in [0.25, 0.3) is 5.09 Å². The lowest BCUT2D eigenvalue weighted by Crippen LogP contribution is -2.70. The summed E-state index contributed by atoms with van der Waals surface area (Å²) in [5.41, 5.74) is -5.37. The first-order valence-corrected chi connectivity index (χ1v) is 19.0. The van der Waals surface area contributed by atoms with Gasteiger partial charge in [-0.1, -0.05) is 44.9 Å². The average molecular weight is 784 g/mol. The first-order chi connectivity index (χ1) is 26.5. The highest BCUT2D eigenvalue weighted by molar-refractivity contribution is 6.01. The summed E-state index contributed by atoms with van der Waals surface area (Å²) in [5, 5.41) is 21.2. The van der Waals surface area contributed by atoms with Crippen LogP contribution in [0.4, 0.5) is 4.39 Å². The Hall–Kier alpha value is -4.92. The Bertz CT molecular complexity index is 1840. The number of aliphatic hydroxyl groups is 1. The van der Waals surface area contributed by atoms with Gasteiger partial charge in [-0.25, -0.2) is 9.18 Å². The minimum Gasteiger partial charge on any atom is -0.493 e. The van der Waals surface area contributed by atoms with E-state index in [-0.39, 0.29) is 49.6 Å². The number of fused-ring (bicyclic) bond motifs is 5. The molecule has 1 aromatic rings. The highest BCUT2D eigenvalue weighted by atomic mass is 19.1. The Morgan fingerprint density at radius 1 is 1.09 bits per heavy atom. The van der Waals surface area contributed by atoms with Gasteiger partial charge in [0.2, 0.25) is 5.78 Å². The van der Waals surface area contributed by atoms with Gasteiger partial charge in [-0.3, -0.25) is 19.2 Å². The van der Waals surface area contributed by atoms with Crippen molar-refractivity contribution in [1.29, 1.82) is 0 Å². The minimum atomic E-state index is -2.15. The summed E-state index contributed by atoms with van der Waals surface area (Å²) >= 11 is 0. The van der Waals surface area contributed by atoms with Crippen LogP contribution >= 0.6 is 0 Å². The maximum Gasteiger partial charge on any atom is 0.331 e. The van der Waals surface area contributed by atoms with Crippen LogP contribution in [0.5, 0.6) is 11.5 Å². The van der Waals surface area contributed by atoms with Crippen molar-refractivity contribution >= 4 is 35.6 Å². The number of nitrogens with zero attached hydrogens (tertiary/aromatic N) is 1. The molecule has 1 N–H and O–H groups in total. The molecule has 0 aliphatic heterocycles. The maximum atomic E-state index is 17.8. The van der Waals surface area contributed by atoms with Gasteiger partial charge >= 0.3 is 17.9 Å². The minimum absolute atomic E-state index is 0.0476. The molecule has 3 fully saturated rings. The largest absolute Gasteiger partial charge is 0.493 e. The molecule has 0 saturated heterocycles. The number of allylic oxidation sites excluding steroid dienone is 4. The molecule has 0 spiro atoms. The van der Waals surface area contributed by atoms with Crippen molar-refractivity contribution in [2.24, 2.45) is 28.6 Å². The van der Waals surface area contributed by atoms with E-state index in [0.29, 0.717) is 43.2 Å². The van der Waals surface area contributed by atoms with E-state index in [4.69, 9.17) is 18.9 Å². The Kier molecular flexibility index (Phi) is 12.6. The predicted molar refractivity (Wildman–Crippen MR) is 197 cm³/mol. The van der Waals surface area contributed by atoms with Crippen molar-refractivity contribution in [3.63, 3.8) is 0 Å². The van der Waals surface area contributed by atoms with Crippen LogP contribution in [0.15, 0.2) is 48.1 Å². The van der Waals surface area contributed by atoms with E-state index in [1.807, 2.05) is 6.92 Å². The molecule has 15 heteroatoms. The van der Waals surface area contributed by atoms with Gasteiger partial charge in [-0.05, 0) is 87.3 Å². The molecule has 0 amide bonds. The highest BCUT2D eigenvalue weighted by Gasteiger charge is 2.77. The summed E-state index contributed by atoms with van der Waals surface area (Å²) in [6.45, 7) is 6.15. The zero-order valence-electron chi connectivity index (χ0n) is 32.4. The standard InChI is InChI=1S/C41H50FNO13/c1-6-7-9-37(49)56-41(25(2)20-30-29-14-13-27-22-28(44)17-18-38(27,3)40(29,42)33(45)23-39(30,41)4)34(46)24-53-35(47)16-12-26-11-15-31(32(21-26)52-5)55-36(48)10-8-19-54-43(50)51/h11-12,15-18,21-22,25,29-30,33,45H,6-10,13-14,19-20,23-24H2,1-5H3/t25-,29?,30-,33-,38-,39-,40-,41-/m0/s1. The predicted octanol–water partition coefficient (Wildman–Crippen LogP) is 5.80. The van der Waals surface area contributed by atoms with Gasteiger partial charge in [-0.15, -0.1) is 10.1 Å². The smallest absolute Gasteiger partial charge is 0.331 e. The third-order valence-corrected chi connectivity index (χ3v) is 12.5. The van der Waals surface area contributed by atoms with Gasteiger partial charge in [0.05, 0.1) is 19.8 Å². The molecule has 304 valence electrons. The molecule has 1 aromatic carbocycles. The normalized spacial score (nSPS) is 31.7. The first kappa shape index (κ1) is 42.2. The number of hydrogen-bond acceptors (Lipinski definition) is 13. The molecule has 14 nitrogen and oxygen atoms in total. The lowest BCUT2D eigenvalue weighted by molar-refractivity contribution is -0.757. The van der Waals surface area contributed by atoms with Crippen molar-refractivity contribution < 1.29 is 62.3 Å². The number of halogens is 1. The number of benzene rings is 1. The van der Waals surface area contributed by atoms with Crippen LogP contribution in [0.1, 0.15) is 91.0 Å². The number of unbranched alkanes of at least 4 members (excludes halogenated alkanes) is 1. The van der Waals surface area contributed by atoms with E-state index < -0.39 is 81.3 Å². The second kappa shape index (κ2) is 16.7. The zero-order valence-corrected chi connectivity index (χ0v) is 32.4. The molecule has 0 aromatic heterocycles. The van der Waals surface area contributed by atoms with Crippen LogP contribution in [0, 0.1) is 38.7 Å². The number of alkyl halides is 1. The van der Waals surface area contributed by atoms with E-state index in [2.05, 4.69) is 4.84 Å². The SMILES string of the molecule is CCCCC(=O)O[C@]1(C(=O)COC(=O)C=Cc2ccc(OC(=O)CCCO[N+](=O)[O-])c(OC)c2)[C@@H](C)C[C@H]2C3CCC4=CC(=O)C=C[C@]4(C)[C@@]3(F)[C@@H](O)C[C@@]21C. The van der Waals surface area contributed by atoms with Crippen LogP contribution < -0.4 is 9.47 Å². The molecule has 56 heavy (non-hydrogen) atoms. The van der Waals surface area contributed by atoms with Crippen LogP contribution in [0.25, 0.3) is 6.08 Å². The molecule has 4 aliphatic carbocycles. The fraction of sp³-hybridized carbons (Fsp3) is 0.585. The number of ketones is 2. The summed E-state index contributed by atoms with van der Waals surface area (Å²) in [7, 11) is 1.35. The molecule has 0 bridgehead atoms. The van der Waals surface area contributed by atoms with Gasteiger partial charge in [0, 0.05) is 41.6 Å². The average Bonchev–Trinajstić information content (AvgIpc) is 3.37. The molecule has 3 saturated carbocycles. The summed E-state index contributed by atoms with van der Waals surface area (Å²) in [5.74, 6) is -4.63.